The molecule has 6 heteroatoms. The molecule has 2 aliphatic rings. The number of nitrogens with one attached hydrogen (secondary N) is 3. The zero-order chi connectivity index (χ0) is 14.1. The van der Waals surface area contributed by atoms with E-state index < -0.39 is 0 Å². The molecule has 3 heterocycles. The maximum atomic E-state index is 12.3. The van der Waals surface area contributed by atoms with Crippen LogP contribution in [0.2, 0.25) is 0 Å². The van der Waals surface area contributed by atoms with Crippen molar-refractivity contribution in [3.8, 4) is 0 Å². The third kappa shape index (κ3) is 2.59. The molecule has 110 valence electrons. The summed E-state index contributed by atoms with van der Waals surface area (Å²) in [7, 11) is 4.19. The van der Waals surface area contributed by atoms with E-state index in [1.165, 1.54) is 0 Å². The van der Waals surface area contributed by atoms with Crippen molar-refractivity contribution in [1.82, 2.24) is 25.6 Å². The molecule has 1 aromatic rings. The normalized spacial score (nSPS) is 29.8. The summed E-state index contributed by atoms with van der Waals surface area (Å²) in [6, 6.07) is 4.52. The van der Waals surface area contributed by atoms with Crippen LogP contribution in [-0.2, 0) is 0 Å². The molecule has 0 aromatic carbocycles. The first kappa shape index (κ1) is 13.6. The van der Waals surface area contributed by atoms with E-state index in [0.717, 1.165) is 26.1 Å². The number of hydrazine groups is 1. The number of likely N-dealkylation sites (tertiary alicyclic amines) is 1. The van der Waals surface area contributed by atoms with Crippen molar-refractivity contribution in [2.45, 2.75) is 18.5 Å². The van der Waals surface area contributed by atoms with Gasteiger partial charge in [-0.2, -0.15) is 0 Å². The molecule has 3 rings (SSSR count). The molecule has 0 aliphatic carbocycles. The van der Waals surface area contributed by atoms with Crippen molar-refractivity contribution in [1.29, 1.82) is 0 Å². The van der Waals surface area contributed by atoms with Crippen molar-refractivity contribution in [3.63, 3.8) is 0 Å². The molecular weight excluding hydrogens is 254 g/mol. The molecule has 2 aliphatic heterocycles. The van der Waals surface area contributed by atoms with Gasteiger partial charge in [-0.15, -0.1) is 0 Å². The highest BCUT2D eigenvalue weighted by Crippen LogP contribution is 2.25. The molecule has 1 amide bonds. The van der Waals surface area contributed by atoms with Gasteiger partial charge in [0, 0.05) is 37.9 Å². The van der Waals surface area contributed by atoms with Gasteiger partial charge < -0.3 is 14.8 Å². The fourth-order valence-electron chi connectivity index (χ4n) is 3.32. The monoisotopic (exact) mass is 277 g/mol. The van der Waals surface area contributed by atoms with Gasteiger partial charge in [0.2, 0.25) is 0 Å². The fourth-order valence-corrected chi connectivity index (χ4v) is 3.32. The average Bonchev–Trinajstić information content (AvgIpc) is 3.07. The third-order valence-corrected chi connectivity index (χ3v) is 4.31. The number of likely N-dealkylation sites (N-methyl/N-ethyl adjacent to an activating group) is 1. The highest BCUT2D eigenvalue weighted by molar-refractivity contribution is 5.92. The Balaban J connectivity index is 1.62. The molecule has 0 bridgehead atoms. The Labute approximate surface area is 119 Å². The van der Waals surface area contributed by atoms with Gasteiger partial charge in [0.25, 0.3) is 5.91 Å². The van der Waals surface area contributed by atoms with Gasteiger partial charge in [-0.3, -0.25) is 15.6 Å². The highest BCUT2D eigenvalue weighted by Gasteiger charge is 2.40. The lowest BCUT2D eigenvalue weighted by Gasteiger charge is -2.36. The smallest absolute Gasteiger partial charge is 0.270 e. The van der Waals surface area contributed by atoms with E-state index in [2.05, 4.69) is 34.8 Å². The minimum atomic E-state index is 0.103. The zero-order valence-corrected chi connectivity index (χ0v) is 12.1. The molecule has 1 aromatic heterocycles. The van der Waals surface area contributed by atoms with Gasteiger partial charge >= 0.3 is 0 Å². The first-order valence-electron chi connectivity index (χ1n) is 7.23. The Hall–Kier alpha value is -1.37. The maximum Gasteiger partial charge on any atom is 0.270 e. The van der Waals surface area contributed by atoms with Crippen molar-refractivity contribution in [2.75, 3.05) is 33.7 Å². The van der Waals surface area contributed by atoms with Crippen LogP contribution in [-0.4, -0.2) is 66.5 Å². The minimum absolute atomic E-state index is 0.103. The predicted molar refractivity (Wildman–Crippen MR) is 77.2 cm³/mol. The number of carbonyl (C=O) groups excluding carboxylic acids is 1. The Morgan fingerprint density at radius 3 is 3.00 bits per heavy atom. The Kier molecular flexibility index (Phi) is 3.78. The van der Waals surface area contributed by atoms with E-state index in [0.29, 0.717) is 23.7 Å². The molecule has 6 nitrogen and oxygen atoms in total. The number of piperidine rings is 1. The van der Waals surface area contributed by atoms with Gasteiger partial charge in [0.1, 0.15) is 5.69 Å². The van der Waals surface area contributed by atoms with Crippen LogP contribution in [0.1, 0.15) is 16.9 Å². The predicted octanol–water partition coefficient (Wildman–Crippen LogP) is -0.117. The summed E-state index contributed by atoms with van der Waals surface area (Å²) in [6.45, 7) is 2.64. The van der Waals surface area contributed by atoms with E-state index in [9.17, 15) is 4.79 Å². The Morgan fingerprint density at radius 1 is 1.45 bits per heavy atom. The number of hydrogen-bond donors (Lipinski definition) is 3. The number of H-pyrrole nitrogens is 1. The van der Waals surface area contributed by atoms with Crippen LogP contribution in [0.25, 0.3) is 0 Å². The van der Waals surface area contributed by atoms with Gasteiger partial charge in [0.15, 0.2) is 0 Å². The number of fused-ring (bicyclic) bond motifs is 1. The molecule has 0 spiro atoms. The number of aromatic amines is 1. The molecule has 3 atom stereocenters. The van der Waals surface area contributed by atoms with Crippen LogP contribution in [0.3, 0.4) is 0 Å². The third-order valence-electron chi connectivity index (χ3n) is 4.31. The highest BCUT2D eigenvalue weighted by atomic mass is 16.2. The summed E-state index contributed by atoms with van der Waals surface area (Å²) < 4.78 is 0. The number of nitrogens with zero attached hydrogens (tertiary/aromatic N) is 2. The van der Waals surface area contributed by atoms with Crippen molar-refractivity contribution in [2.24, 2.45) is 5.92 Å². The molecule has 20 heavy (non-hydrogen) atoms. The lowest BCUT2D eigenvalue weighted by atomic mass is 9.87. The van der Waals surface area contributed by atoms with Crippen molar-refractivity contribution in [3.05, 3.63) is 24.0 Å². The summed E-state index contributed by atoms with van der Waals surface area (Å²) in [5.41, 5.74) is 7.43. The molecule has 3 N–H and O–H groups in total. The zero-order valence-electron chi connectivity index (χ0n) is 12.1. The molecule has 0 radical (unpaired) electrons. The lowest BCUT2D eigenvalue weighted by molar-refractivity contribution is 0.0654. The molecular formula is C14H23N5O. The summed E-state index contributed by atoms with van der Waals surface area (Å²) in [5.74, 6) is 0.705. The van der Waals surface area contributed by atoms with Gasteiger partial charge in [0.05, 0.1) is 0 Å². The quantitative estimate of drug-likeness (QED) is 0.721. The number of carbonyl (C=O) groups is 1. The van der Waals surface area contributed by atoms with Crippen LogP contribution in [0.15, 0.2) is 18.3 Å². The molecule has 2 fully saturated rings. The van der Waals surface area contributed by atoms with E-state index in [4.69, 9.17) is 0 Å². The van der Waals surface area contributed by atoms with Gasteiger partial charge in [-0.25, -0.2) is 0 Å². The second kappa shape index (κ2) is 5.55. The van der Waals surface area contributed by atoms with Crippen LogP contribution in [0.5, 0.6) is 0 Å². The summed E-state index contributed by atoms with van der Waals surface area (Å²) in [4.78, 5) is 19.5. The Bertz CT molecular complexity index is 458. The molecule has 0 saturated carbocycles. The van der Waals surface area contributed by atoms with Crippen molar-refractivity contribution >= 4 is 5.91 Å². The lowest BCUT2D eigenvalue weighted by Crippen LogP contribution is -2.50. The maximum absolute atomic E-state index is 12.3. The Morgan fingerprint density at radius 2 is 2.30 bits per heavy atom. The van der Waals surface area contributed by atoms with Crippen LogP contribution < -0.4 is 10.9 Å². The molecule has 2 saturated heterocycles. The number of hydrogen-bond acceptors (Lipinski definition) is 4. The van der Waals surface area contributed by atoms with E-state index in [1.807, 2.05) is 17.0 Å². The summed E-state index contributed by atoms with van der Waals surface area (Å²) >= 11 is 0. The second-order valence-corrected chi connectivity index (χ2v) is 6.05. The standard InChI is InChI=1S/C14H23N5O/c1-18(2)8-12-10-5-7-19(9-13(10)17-16-12)14(20)11-4-3-6-15-11/h3-4,6,10,12-13,15-17H,5,7-9H2,1-2H3. The van der Waals surface area contributed by atoms with Crippen LogP contribution >= 0.6 is 0 Å². The second-order valence-electron chi connectivity index (χ2n) is 6.05. The number of rotatable bonds is 3. The number of amides is 1. The fraction of sp³-hybridized carbons (Fsp3) is 0.643. The number of aromatic nitrogens is 1. The van der Waals surface area contributed by atoms with E-state index in [1.54, 1.807) is 6.20 Å². The topological polar surface area (TPSA) is 63.4 Å². The molecule has 3 unspecified atom stereocenters. The average molecular weight is 277 g/mol. The van der Waals surface area contributed by atoms with Crippen molar-refractivity contribution < 1.29 is 4.79 Å². The van der Waals surface area contributed by atoms with Gasteiger partial charge in [-0.1, -0.05) is 0 Å². The van der Waals surface area contributed by atoms with E-state index in [-0.39, 0.29) is 5.91 Å². The SMILES string of the molecule is CN(C)CC1NNC2CN(C(=O)c3ccc[nH]3)CCC12. The van der Waals surface area contributed by atoms with Crippen LogP contribution in [0, 0.1) is 5.92 Å². The van der Waals surface area contributed by atoms with Crippen LogP contribution in [0.4, 0.5) is 0 Å². The largest absolute Gasteiger partial charge is 0.357 e. The van der Waals surface area contributed by atoms with E-state index >= 15 is 0 Å². The summed E-state index contributed by atoms with van der Waals surface area (Å²) in [6.07, 6.45) is 2.85. The first-order chi connectivity index (χ1) is 9.65. The first-order valence-corrected chi connectivity index (χ1v) is 7.23. The van der Waals surface area contributed by atoms with Gasteiger partial charge in [-0.05, 0) is 38.6 Å². The summed E-state index contributed by atoms with van der Waals surface area (Å²) in [5, 5.41) is 0. The minimum Gasteiger partial charge on any atom is -0.357 e.